The van der Waals surface area contributed by atoms with Crippen LogP contribution in [0.5, 0.6) is 0 Å². The minimum Gasteiger partial charge on any atom is -0.481 e. The fraction of sp³-hybridized carbons (Fsp3) is 0.200. The average Bonchev–Trinajstić information content (AvgIpc) is 3.34. The summed E-state index contributed by atoms with van der Waals surface area (Å²) in [5.41, 5.74) is 1.20. The molecule has 1 fully saturated rings. The van der Waals surface area contributed by atoms with Crippen LogP contribution in [0.3, 0.4) is 0 Å². The van der Waals surface area contributed by atoms with Crippen LogP contribution in [0.25, 0.3) is 21.5 Å². The number of Topliss-reactive ketones (excluding diaryl/α,β-unsaturated/α-hetero) is 1. The predicted molar refractivity (Wildman–Crippen MR) is 150 cm³/mol. The maximum Gasteiger partial charge on any atom is 0.308 e. The first-order valence-corrected chi connectivity index (χ1v) is 13.4. The number of benzene rings is 5. The molecule has 0 spiro atoms. The molecule has 0 aliphatic heterocycles. The molecule has 0 unspecified atom stereocenters. The van der Waals surface area contributed by atoms with Gasteiger partial charge in [0.2, 0.25) is 0 Å². The number of aliphatic carboxylic acids is 1. The van der Waals surface area contributed by atoms with Gasteiger partial charge in [-0.2, -0.15) is 0 Å². The first-order chi connectivity index (χ1) is 18.6. The highest BCUT2D eigenvalue weighted by atomic mass is 16.4. The van der Waals surface area contributed by atoms with E-state index in [0.29, 0.717) is 6.42 Å². The van der Waals surface area contributed by atoms with Gasteiger partial charge in [0.05, 0.1) is 16.7 Å². The van der Waals surface area contributed by atoms with E-state index in [1.54, 1.807) is 0 Å². The van der Waals surface area contributed by atoms with E-state index >= 15 is 4.79 Å². The zero-order valence-electron chi connectivity index (χ0n) is 21.2. The van der Waals surface area contributed by atoms with Crippen LogP contribution < -0.4 is 0 Å². The molecular weight excluding hydrogens is 468 g/mol. The Morgan fingerprint density at radius 2 is 1.08 bits per heavy atom. The standard InChI is InChI=1S/C35H28O3/c1-2-13-28-31(32(36)37)35(23-16-7-4-8-17-23)30-27-21-12-10-19-25(27)24-18-9-11-20-26(24)29(30)34(28,33(35)38)22-14-5-3-6-15-22/h3-12,14-21,28,31H,2,13H2,1H3,(H,36,37)/t28-,31+,34-,35-/m0/s1. The van der Waals surface area contributed by atoms with E-state index < -0.39 is 22.7 Å². The Morgan fingerprint density at radius 3 is 1.55 bits per heavy atom. The first kappa shape index (κ1) is 22.9. The van der Waals surface area contributed by atoms with E-state index in [1.807, 2.05) is 84.9 Å². The second-order valence-electron chi connectivity index (χ2n) is 10.7. The number of carboxylic acid groups (broad SMARTS) is 1. The molecule has 0 saturated heterocycles. The van der Waals surface area contributed by atoms with Gasteiger partial charge in [-0.15, -0.1) is 0 Å². The molecule has 5 aromatic carbocycles. The molecule has 3 nitrogen and oxygen atoms in total. The zero-order valence-corrected chi connectivity index (χ0v) is 21.2. The van der Waals surface area contributed by atoms with Gasteiger partial charge >= 0.3 is 5.97 Å². The maximum absolute atomic E-state index is 15.5. The lowest BCUT2D eigenvalue weighted by atomic mass is 9.58. The monoisotopic (exact) mass is 496 g/mol. The summed E-state index contributed by atoms with van der Waals surface area (Å²) in [4.78, 5) is 28.9. The van der Waals surface area contributed by atoms with Crippen molar-refractivity contribution in [3.8, 4) is 0 Å². The Kier molecular flexibility index (Phi) is 4.90. The van der Waals surface area contributed by atoms with Crippen molar-refractivity contribution in [2.24, 2.45) is 11.8 Å². The zero-order chi connectivity index (χ0) is 26.1. The number of rotatable bonds is 5. The molecule has 1 saturated carbocycles. The molecule has 3 heteroatoms. The summed E-state index contributed by atoms with van der Waals surface area (Å²) in [5, 5.41) is 15.2. The van der Waals surface area contributed by atoms with E-state index in [0.717, 1.165) is 50.2 Å². The number of carbonyl (C=O) groups is 2. The number of carboxylic acids is 1. The minimum atomic E-state index is -1.29. The van der Waals surface area contributed by atoms with Crippen LogP contribution >= 0.6 is 0 Å². The van der Waals surface area contributed by atoms with Gasteiger partial charge in [-0.05, 0) is 56.1 Å². The molecule has 4 atom stereocenters. The van der Waals surface area contributed by atoms with E-state index in [1.165, 1.54) is 0 Å². The highest BCUT2D eigenvalue weighted by Gasteiger charge is 2.77. The van der Waals surface area contributed by atoms with Gasteiger partial charge in [-0.25, -0.2) is 0 Å². The number of fused-ring (bicyclic) bond motifs is 10. The lowest BCUT2D eigenvalue weighted by Crippen LogP contribution is -2.45. The first-order valence-electron chi connectivity index (χ1n) is 13.4. The van der Waals surface area contributed by atoms with Crippen molar-refractivity contribution in [1.29, 1.82) is 0 Å². The molecule has 2 aliphatic rings. The van der Waals surface area contributed by atoms with Crippen molar-refractivity contribution in [2.45, 2.75) is 30.6 Å². The largest absolute Gasteiger partial charge is 0.481 e. The van der Waals surface area contributed by atoms with E-state index in [2.05, 4.69) is 31.2 Å². The number of ketones is 1. The predicted octanol–water partition coefficient (Wildman–Crippen LogP) is 7.28. The lowest BCUT2D eigenvalue weighted by molar-refractivity contribution is -0.146. The molecule has 38 heavy (non-hydrogen) atoms. The summed E-state index contributed by atoms with van der Waals surface area (Å²) < 4.78 is 0. The Morgan fingerprint density at radius 1 is 0.658 bits per heavy atom. The van der Waals surface area contributed by atoms with Crippen LogP contribution in [0, 0.1) is 11.8 Å². The third kappa shape index (κ3) is 2.54. The highest BCUT2D eigenvalue weighted by molar-refractivity contribution is 6.24. The van der Waals surface area contributed by atoms with Crippen molar-refractivity contribution in [1.82, 2.24) is 0 Å². The number of hydrogen-bond acceptors (Lipinski definition) is 2. The molecule has 2 bridgehead atoms. The van der Waals surface area contributed by atoms with E-state index in [9.17, 15) is 9.90 Å². The van der Waals surface area contributed by atoms with Gasteiger partial charge in [0.15, 0.2) is 5.78 Å². The van der Waals surface area contributed by atoms with Gasteiger partial charge in [-0.1, -0.05) is 123 Å². The van der Waals surface area contributed by atoms with Crippen molar-refractivity contribution in [3.05, 3.63) is 131 Å². The Hall–Kier alpha value is -4.24. The fourth-order valence-corrected chi connectivity index (χ4v) is 8.10. The minimum absolute atomic E-state index is 0.00440. The summed E-state index contributed by atoms with van der Waals surface area (Å²) in [6.45, 7) is 2.09. The van der Waals surface area contributed by atoms with Crippen LogP contribution in [0.15, 0.2) is 109 Å². The molecule has 2 aliphatic carbocycles. The molecule has 7 rings (SSSR count). The van der Waals surface area contributed by atoms with Crippen LogP contribution in [0.4, 0.5) is 0 Å². The number of hydrogen-bond donors (Lipinski definition) is 1. The molecule has 1 N–H and O–H groups in total. The van der Waals surface area contributed by atoms with Crippen LogP contribution in [-0.2, 0) is 20.4 Å². The molecule has 0 aromatic heterocycles. The maximum atomic E-state index is 15.5. The Balaban J connectivity index is 1.80. The van der Waals surface area contributed by atoms with Gasteiger partial charge in [0, 0.05) is 0 Å². The summed E-state index contributed by atoms with van der Waals surface area (Å²) in [6.07, 6.45) is 1.44. The van der Waals surface area contributed by atoms with Crippen molar-refractivity contribution >= 4 is 33.3 Å². The van der Waals surface area contributed by atoms with Gasteiger partial charge in [-0.3, -0.25) is 9.59 Å². The van der Waals surface area contributed by atoms with Gasteiger partial charge in [0.25, 0.3) is 0 Å². The summed E-state index contributed by atoms with van der Waals surface area (Å²) in [7, 11) is 0. The second-order valence-corrected chi connectivity index (χ2v) is 10.7. The van der Waals surface area contributed by atoms with Crippen molar-refractivity contribution in [3.63, 3.8) is 0 Å². The molecule has 0 radical (unpaired) electrons. The van der Waals surface area contributed by atoms with Crippen LogP contribution in [0.2, 0.25) is 0 Å². The second kappa shape index (κ2) is 8.13. The molecular formula is C35H28O3. The third-order valence-corrected chi connectivity index (χ3v) is 9.19. The highest BCUT2D eigenvalue weighted by Crippen LogP contribution is 2.71. The Bertz CT molecular complexity index is 1740. The quantitative estimate of drug-likeness (QED) is 0.260. The third-order valence-electron chi connectivity index (χ3n) is 9.19. The molecule has 0 heterocycles. The van der Waals surface area contributed by atoms with Crippen molar-refractivity contribution < 1.29 is 14.7 Å². The van der Waals surface area contributed by atoms with Gasteiger partial charge in [0.1, 0.15) is 0 Å². The summed E-state index contributed by atoms with van der Waals surface area (Å²) in [6, 6.07) is 36.2. The fourth-order valence-electron chi connectivity index (χ4n) is 8.10. The lowest BCUT2D eigenvalue weighted by Gasteiger charge is -2.42. The Labute approximate surface area is 221 Å². The summed E-state index contributed by atoms with van der Waals surface area (Å²) in [5.74, 6) is -2.15. The molecule has 186 valence electrons. The van der Waals surface area contributed by atoms with E-state index in [4.69, 9.17) is 0 Å². The molecule has 0 amide bonds. The SMILES string of the molecule is CCC[C@H]1[C@H](C(=O)O)[C@@]2(c3ccccc3)C(=O)[C@]1(c1ccccc1)c1c2c2ccccc2c2ccccc12. The van der Waals surface area contributed by atoms with Gasteiger partial charge < -0.3 is 5.11 Å². The smallest absolute Gasteiger partial charge is 0.308 e. The summed E-state index contributed by atoms with van der Waals surface area (Å²) >= 11 is 0. The van der Waals surface area contributed by atoms with E-state index in [-0.39, 0.29) is 11.7 Å². The number of carbonyl (C=O) groups excluding carboxylic acids is 1. The van der Waals surface area contributed by atoms with Crippen molar-refractivity contribution in [2.75, 3.05) is 0 Å². The van der Waals surface area contributed by atoms with Crippen LogP contribution in [-0.4, -0.2) is 16.9 Å². The topological polar surface area (TPSA) is 54.4 Å². The molecule has 5 aromatic rings. The van der Waals surface area contributed by atoms with Crippen LogP contribution in [0.1, 0.15) is 42.0 Å². The average molecular weight is 497 g/mol. The normalized spacial score (nSPS) is 25.7.